The smallest absolute Gasteiger partial charge is 0.217 e. The Kier molecular flexibility index (Phi) is 8.54. The molecule has 1 amide bonds. The molecule has 9 nitrogen and oxygen atoms in total. The van der Waals surface area contributed by atoms with E-state index in [1.54, 1.807) is 11.1 Å². The topological polar surface area (TPSA) is 152 Å². The average Bonchev–Trinajstić information content (AvgIpc) is 2.69. The minimum absolute atomic E-state index is 0.0324. The molecule has 0 unspecified atom stereocenters. The molecule has 0 atom stereocenters. The number of hydrazine groups is 1. The summed E-state index contributed by atoms with van der Waals surface area (Å²) in [5.41, 5.74) is 5.32. The standard InChI is InChI=1S/C21H29N3O6/c1-2-14(24(23)10-7-5-3-4-6-8-18(22)28)13-30-20-17(27)12-16(26)19-15(25)9-11-29-21(19)20/h2,9,11-12,26-27H,3-8,10,13,23H2,1H3,(H2,22,28)/b14-2-. The highest BCUT2D eigenvalue weighted by Crippen LogP contribution is 2.39. The van der Waals surface area contributed by atoms with Crippen LogP contribution in [0.1, 0.15) is 45.4 Å². The molecule has 0 radical (unpaired) electrons. The second-order valence-corrected chi connectivity index (χ2v) is 6.98. The van der Waals surface area contributed by atoms with Crippen molar-refractivity contribution in [3.63, 3.8) is 0 Å². The van der Waals surface area contributed by atoms with Gasteiger partial charge in [0.2, 0.25) is 11.7 Å². The predicted octanol–water partition coefficient (Wildman–Crippen LogP) is 2.49. The number of allylic oxidation sites excluding steroid dienone is 1. The predicted molar refractivity (Wildman–Crippen MR) is 113 cm³/mol. The Labute approximate surface area is 174 Å². The number of aromatic hydroxyl groups is 2. The van der Waals surface area contributed by atoms with Crippen LogP contribution in [-0.2, 0) is 4.79 Å². The van der Waals surface area contributed by atoms with Gasteiger partial charge in [0.15, 0.2) is 16.8 Å². The highest BCUT2D eigenvalue weighted by Gasteiger charge is 2.18. The molecule has 0 aliphatic rings. The lowest BCUT2D eigenvalue weighted by Crippen LogP contribution is -2.33. The van der Waals surface area contributed by atoms with Gasteiger partial charge in [-0.1, -0.05) is 25.3 Å². The Hall–Kier alpha value is -3.20. The lowest BCUT2D eigenvalue weighted by atomic mass is 10.1. The van der Waals surface area contributed by atoms with Gasteiger partial charge in [-0.2, -0.15) is 0 Å². The van der Waals surface area contributed by atoms with Crippen LogP contribution in [-0.4, -0.2) is 34.3 Å². The first-order valence-corrected chi connectivity index (χ1v) is 9.90. The number of unbranched alkanes of at least 4 members (excludes halogenated alkanes) is 4. The minimum Gasteiger partial charge on any atom is -0.507 e. The summed E-state index contributed by atoms with van der Waals surface area (Å²) in [5, 5.41) is 21.6. The maximum absolute atomic E-state index is 12.0. The van der Waals surface area contributed by atoms with Crippen LogP contribution in [0.5, 0.6) is 17.2 Å². The summed E-state index contributed by atoms with van der Waals surface area (Å²) >= 11 is 0. The number of hydrogen-bond donors (Lipinski definition) is 4. The first kappa shape index (κ1) is 23.1. The SMILES string of the molecule is C/C=C(/COc1c(O)cc(O)c2c(=O)ccoc12)N(N)CCCCCCCC(N)=O. The fraction of sp³-hybridized carbons (Fsp3) is 0.429. The summed E-state index contributed by atoms with van der Waals surface area (Å²) in [6.45, 7) is 2.46. The van der Waals surface area contributed by atoms with Gasteiger partial charge in [0.1, 0.15) is 17.7 Å². The number of nitrogens with zero attached hydrogens (tertiary/aromatic N) is 1. The van der Waals surface area contributed by atoms with Crippen LogP contribution in [0.15, 0.2) is 39.4 Å². The fourth-order valence-corrected chi connectivity index (χ4v) is 3.08. The molecule has 164 valence electrons. The van der Waals surface area contributed by atoms with E-state index >= 15 is 0 Å². The molecule has 0 saturated carbocycles. The third-order valence-corrected chi connectivity index (χ3v) is 4.74. The van der Waals surface area contributed by atoms with Gasteiger partial charge in [0.05, 0.1) is 12.0 Å². The minimum atomic E-state index is -0.443. The van der Waals surface area contributed by atoms with E-state index in [4.69, 9.17) is 20.7 Å². The number of nitrogens with two attached hydrogens (primary N) is 2. The number of amides is 1. The van der Waals surface area contributed by atoms with Crippen molar-refractivity contribution < 1.29 is 24.2 Å². The zero-order chi connectivity index (χ0) is 22.1. The van der Waals surface area contributed by atoms with Gasteiger partial charge in [0.25, 0.3) is 0 Å². The molecule has 6 N–H and O–H groups in total. The van der Waals surface area contributed by atoms with Crippen LogP contribution >= 0.6 is 0 Å². The maximum atomic E-state index is 12.0. The Balaban J connectivity index is 1.92. The van der Waals surface area contributed by atoms with E-state index in [0.717, 1.165) is 38.2 Å². The van der Waals surface area contributed by atoms with E-state index in [1.807, 2.05) is 6.92 Å². The van der Waals surface area contributed by atoms with Gasteiger partial charge in [-0.15, -0.1) is 0 Å². The maximum Gasteiger partial charge on any atom is 0.217 e. The van der Waals surface area contributed by atoms with Crippen LogP contribution in [0.25, 0.3) is 11.0 Å². The normalized spacial score (nSPS) is 11.6. The zero-order valence-corrected chi connectivity index (χ0v) is 17.1. The molecular weight excluding hydrogens is 390 g/mol. The molecule has 0 bridgehead atoms. The number of rotatable bonds is 12. The molecule has 2 rings (SSSR count). The molecule has 9 heteroatoms. The number of carbonyl (C=O) groups excluding carboxylic acids is 1. The van der Waals surface area contributed by atoms with Crippen molar-refractivity contribution in [3.8, 4) is 17.2 Å². The lowest BCUT2D eigenvalue weighted by Gasteiger charge is -2.22. The third-order valence-electron chi connectivity index (χ3n) is 4.74. The monoisotopic (exact) mass is 419 g/mol. The van der Waals surface area contributed by atoms with Crippen LogP contribution in [0.2, 0.25) is 0 Å². The van der Waals surface area contributed by atoms with Crippen LogP contribution < -0.4 is 21.7 Å². The molecule has 1 heterocycles. The summed E-state index contributed by atoms with van der Waals surface area (Å²) < 4.78 is 11.0. The fourth-order valence-electron chi connectivity index (χ4n) is 3.08. The number of primary amides is 1. The quantitative estimate of drug-likeness (QED) is 0.233. The van der Waals surface area contributed by atoms with Crippen molar-refractivity contribution in [1.82, 2.24) is 5.01 Å². The second-order valence-electron chi connectivity index (χ2n) is 6.98. The Morgan fingerprint density at radius 2 is 1.90 bits per heavy atom. The van der Waals surface area contributed by atoms with Crippen molar-refractivity contribution in [2.75, 3.05) is 13.2 Å². The van der Waals surface area contributed by atoms with Crippen LogP contribution in [0.3, 0.4) is 0 Å². The van der Waals surface area contributed by atoms with Crippen LogP contribution in [0, 0.1) is 0 Å². The van der Waals surface area contributed by atoms with Crippen molar-refractivity contribution in [1.29, 1.82) is 0 Å². The molecule has 30 heavy (non-hydrogen) atoms. The highest BCUT2D eigenvalue weighted by atomic mass is 16.5. The summed E-state index contributed by atoms with van der Waals surface area (Å²) in [7, 11) is 0. The third kappa shape index (κ3) is 6.15. The number of phenols is 2. The van der Waals surface area contributed by atoms with Gasteiger partial charge in [0, 0.05) is 25.1 Å². The van der Waals surface area contributed by atoms with Crippen molar-refractivity contribution in [2.24, 2.45) is 11.6 Å². The van der Waals surface area contributed by atoms with Gasteiger partial charge < -0.3 is 30.1 Å². The molecule has 0 fully saturated rings. The molecule has 1 aromatic heterocycles. The largest absolute Gasteiger partial charge is 0.507 e. The molecule has 0 spiro atoms. The first-order chi connectivity index (χ1) is 14.3. The zero-order valence-electron chi connectivity index (χ0n) is 17.1. The number of benzene rings is 1. The lowest BCUT2D eigenvalue weighted by molar-refractivity contribution is -0.118. The first-order valence-electron chi connectivity index (χ1n) is 9.90. The summed E-state index contributed by atoms with van der Waals surface area (Å²) in [6, 6.07) is 2.22. The number of fused-ring (bicyclic) bond motifs is 1. The number of carbonyl (C=O) groups is 1. The highest BCUT2D eigenvalue weighted by molar-refractivity contribution is 5.90. The Bertz CT molecular complexity index is 954. The van der Waals surface area contributed by atoms with Crippen molar-refractivity contribution in [2.45, 2.75) is 45.4 Å². The molecule has 0 saturated heterocycles. The average molecular weight is 419 g/mol. The van der Waals surface area contributed by atoms with E-state index < -0.39 is 5.43 Å². The van der Waals surface area contributed by atoms with Crippen molar-refractivity contribution >= 4 is 16.9 Å². The van der Waals surface area contributed by atoms with Crippen molar-refractivity contribution in [3.05, 3.63) is 40.4 Å². The number of ether oxygens (including phenoxy) is 1. The van der Waals surface area contributed by atoms with E-state index in [9.17, 15) is 19.8 Å². The molecule has 1 aromatic carbocycles. The van der Waals surface area contributed by atoms with E-state index in [1.165, 1.54) is 12.3 Å². The molecular formula is C21H29N3O6. The van der Waals surface area contributed by atoms with Gasteiger partial charge in [-0.25, -0.2) is 5.84 Å². The number of phenolic OH excluding ortho intramolecular Hbond substituents is 2. The van der Waals surface area contributed by atoms with Crippen LogP contribution in [0.4, 0.5) is 0 Å². The second kappa shape index (κ2) is 11.1. The summed E-state index contributed by atoms with van der Waals surface area (Å²) in [6.07, 6.45) is 7.97. The molecule has 0 aliphatic carbocycles. The molecule has 2 aromatic rings. The van der Waals surface area contributed by atoms with E-state index in [2.05, 4.69) is 0 Å². The van der Waals surface area contributed by atoms with E-state index in [-0.39, 0.29) is 40.7 Å². The molecule has 0 aliphatic heterocycles. The Morgan fingerprint density at radius 3 is 2.60 bits per heavy atom. The Morgan fingerprint density at radius 1 is 1.20 bits per heavy atom. The summed E-state index contributed by atoms with van der Waals surface area (Å²) in [4.78, 5) is 22.7. The number of hydrogen-bond acceptors (Lipinski definition) is 8. The van der Waals surface area contributed by atoms with Gasteiger partial charge in [-0.05, 0) is 19.8 Å². The summed E-state index contributed by atoms with van der Waals surface area (Å²) in [5.74, 6) is 5.08. The van der Waals surface area contributed by atoms with Gasteiger partial charge >= 0.3 is 0 Å². The van der Waals surface area contributed by atoms with Gasteiger partial charge in [-0.3, -0.25) is 9.59 Å². The van der Waals surface area contributed by atoms with E-state index in [0.29, 0.717) is 18.7 Å².